The van der Waals surface area contributed by atoms with Gasteiger partial charge in [-0.05, 0) is 74.6 Å². The molecule has 0 spiro atoms. The summed E-state index contributed by atoms with van der Waals surface area (Å²) in [7, 11) is 1.62. The van der Waals surface area contributed by atoms with Gasteiger partial charge in [0.1, 0.15) is 5.75 Å². The second kappa shape index (κ2) is 10.4. The van der Waals surface area contributed by atoms with E-state index in [4.69, 9.17) is 21.1 Å². The molecule has 0 aliphatic heterocycles. The molecule has 0 radical (unpaired) electrons. The number of hydrogen-bond donors (Lipinski definition) is 1. The van der Waals surface area contributed by atoms with Crippen molar-refractivity contribution in [2.24, 2.45) is 5.92 Å². The lowest BCUT2D eigenvalue weighted by molar-refractivity contribution is 0.0822. The highest BCUT2D eigenvalue weighted by atomic mass is 35.5. The summed E-state index contributed by atoms with van der Waals surface area (Å²) in [5, 5.41) is 21.4. The molecule has 212 valence electrons. The van der Waals surface area contributed by atoms with Gasteiger partial charge in [-0.25, -0.2) is 8.78 Å². The molecule has 1 fully saturated rings. The number of aromatic hydroxyl groups is 1. The van der Waals surface area contributed by atoms with Crippen LogP contribution in [0.2, 0.25) is 5.02 Å². The summed E-state index contributed by atoms with van der Waals surface area (Å²) in [4.78, 5) is 0. The first-order valence-corrected chi connectivity index (χ1v) is 13.7. The number of nitrogens with zero attached hydrogens (tertiary/aromatic N) is 4. The number of methoxy groups -OCH3 is 1. The van der Waals surface area contributed by atoms with Crippen molar-refractivity contribution >= 4 is 22.4 Å². The third kappa shape index (κ3) is 5.34. The van der Waals surface area contributed by atoms with E-state index in [-0.39, 0.29) is 10.9 Å². The van der Waals surface area contributed by atoms with Gasteiger partial charge >= 0.3 is 0 Å². The number of halogens is 3. The van der Waals surface area contributed by atoms with E-state index >= 15 is 0 Å². The molecule has 0 saturated heterocycles. The van der Waals surface area contributed by atoms with Gasteiger partial charge in [0.05, 0.1) is 13.7 Å². The van der Waals surface area contributed by atoms with Crippen molar-refractivity contribution in [3.05, 3.63) is 88.8 Å². The van der Waals surface area contributed by atoms with Gasteiger partial charge in [-0.2, -0.15) is 0 Å². The fraction of sp³-hybridized carbons (Fsp3) is 0.290. The van der Waals surface area contributed by atoms with Crippen LogP contribution < -0.4 is 9.47 Å². The summed E-state index contributed by atoms with van der Waals surface area (Å²) in [5.41, 5.74) is 0.615. The molecule has 0 amide bonds. The lowest BCUT2D eigenvalue weighted by Crippen LogP contribution is -2.31. The average Bonchev–Trinajstić information content (AvgIpc) is 3.57. The van der Waals surface area contributed by atoms with Gasteiger partial charge in [0.25, 0.3) is 0 Å². The maximum Gasteiger partial charge on any atom is 0.199 e. The van der Waals surface area contributed by atoms with E-state index in [1.165, 1.54) is 0 Å². The fourth-order valence-electron chi connectivity index (χ4n) is 5.06. The van der Waals surface area contributed by atoms with Crippen molar-refractivity contribution in [2.45, 2.75) is 45.4 Å². The average molecular weight is 579 g/mol. The van der Waals surface area contributed by atoms with Crippen LogP contribution in [0.5, 0.6) is 17.4 Å². The van der Waals surface area contributed by atoms with Crippen LogP contribution in [0.15, 0.2) is 60.8 Å². The van der Waals surface area contributed by atoms with E-state index in [2.05, 4.69) is 10.2 Å². The zero-order chi connectivity index (χ0) is 28.9. The van der Waals surface area contributed by atoms with Crippen LogP contribution in [0.3, 0.4) is 0 Å². The van der Waals surface area contributed by atoms with Crippen molar-refractivity contribution in [3.8, 4) is 28.8 Å². The van der Waals surface area contributed by atoms with Crippen molar-refractivity contribution in [1.29, 1.82) is 0 Å². The summed E-state index contributed by atoms with van der Waals surface area (Å²) in [6.45, 7) is 4.55. The topological polar surface area (TPSA) is 74.3 Å². The number of ether oxygens (including phenoxy) is 2. The Labute approximate surface area is 240 Å². The largest absolute Gasteiger partial charge is 0.497 e. The van der Waals surface area contributed by atoms with Crippen LogP contribution in [0.1, 0.15) is 38.1 Å². The predicted octanol–water partition coefficient (Wildman–Crippen LogP) is 7.32. The molecule has 0 atom stereocenters. The Bertz CT molecular complexity index is 1720. The number of aromatic nitrogens is 4. The molecule has 6 rings (SSSR count). The van der Waals surface area contributed by atoms with Gasteiger partial charge in [-0.3, -0.25) is 0 Å². The van der Waals surface area contributed by atoms with E-state index < -0.39 is 23.0 Å². The summed E-state index contributed by atoms with van der Waals surface area (Å²) < 4.78 is 44.0. The predicted molar refractivity (Wildman–Crippen MR) is 152 cm³/mol. The molecule has 41 heavy (non-hydrogen) atoms. The lowest BCUT2D eigenvalue weighted by Gasteiger charge is -2.27. The van der Waals surface area contributed by atoms with Crippen LogP contribution in [0.4, 0.5) is 8.78 Å². The number of rotatable bonds is 9. The first kappa shape index (κ1) is 27.1. The highest BCUT2D eigenvalue weighted by Crippen LogP contribution is 2.38. The minimum absolute atomic E-state index is 0.0522. The maximum atomic E-state index is 14.6. The van der Waals surface area contributed by atoms with Crippen molar-refractivity contribution in [1.82, 2.24) is 19.3 Å². The highest BCUT2D eigenvalue weighted by molar-refractivity contribution is 6.30. The fourth-order valence-corrected chi connectivity index (χ4v) is 5.26. The molecule has 2 aromatic heterocycles. The Morgan fingerprint density at radius 3 is 2.39 bits per heavy atom. The Morgan fingerprint density at radius 2 is 1.73 bits per heavy atom. The molecule has 1 N–H and O–H groups in total. The number of hydrogen-bond acceptors (Lipinski definition) is 5. The molecular formula is C31H29ClF2N4O3. The number of fused-ring (bicyclic) bond motifs is 1. The molecular weight excluding hydrogens is 550 g/mol. The Morgan fingerprint density at radius 1 is 1.02 bits per heavy atom. The Balaban J connectivity index is 1.35. The van der Waals surface area contributed by atoms with Crippen LogP contribution >= 0.6 is 11.6 Å². The SMILES string of the molecule is COc1ccc(Cn2cc3cc(-c4nnc(C(C)(C)Oc5c(F)cc(Cl)cc5F)n4CC4CC4)ccc3c2O)cc1. The summed E-state index contributed by atoms with van der Waals surface area (Å²) in [5.74, 6) is 0.176. The third-order valence-electron chi connectivity index (χ3n) is 7.38. The minimum Gasteiger partial charge on any atom is -0.497 e. The molecule has 3 aromatic carbocycles. The van der Waals surface area contributed by atoms with Gasteiger partial charge in [-0.15, -0.1) is 10.2 Å². The number of benzene rings is 3. The standard InChI is InChI=1S/C31H29ClF2N4O3/c1-31(2,41-27-25(33)13-22(32)14-26(27)34)30-36-35-28(38(30)16-19-4-5-19)20-8-11-24-21(12-20)17-37(29(24)39)15-18-6-9-23(40-3)10-7-18/h6-14,17,19,39H,4-5,15-16H2,1-3H3. The van der Waals surface area contributed by atoms with E-state index in [0.29, 0.717) is 36.0 Å². The summed E-state index contributed by atoms with van der Waals surface area (Å²) in [6, 6.07) is 15.4. The van der Waals surface area contributed by atoms with E-state index in [0.717, 1.165) is 47.2 Å². The van der Waals surface area contributed by atoms with Crippen LogP contribution in [-0.4, -0.2) is 31.5 Å². The van der Waals surface area contributed by atoms with Gasteiger partial charge in [0.2, 0.25) is 0 Å². The molecule has 7 nitrogen and oxygen atoms in total. The molecule has 0 unspecified atom stereocenters. The van der Waals surface area contributed by atoms with Crippen LogP contribution in [0, 0.1) is 17.6 Å². The van der Waals surface area contributed by atoms with Gasteiger partial charge in [0.15, 0.2) is 40.5 Å². The summed E-state index contributed by atoms with van der Waals surface area (Å²) >= 11 is 5.79. The minimum atomic E-state index is -1.21. The van der Waals surface area contributed by atoms with Crippen molar-refractivity contribution in [2.75, 3.05) is 7.11 Å². The zero-order valence-corrected chi connectivity index (χ0v) is 23.6. The summed E-state index contributed by atoms with van der Waals surface area (Å²) in [6.07, 6.45) is 4.07. The second-order valence-electron chi connectivity index (χ2n) is 10.9. The quantitative estimate of drug-likeness (QED) is 0.198. The molecule has 1 aliphatic rings. The normalized spacial score (nSPS) is 13.6. The second-order valence-corrected chi connectivity index (χ2v) is 11.4. The first-order chi connectivity index (χ1) is 19.6. The molecule has 10 heteroatoms. The van der Waals surface area contributed by atoms with Crippen LogP contribution in [0.25, 0.3) is 22.2 Å². The van der Waals surface area contributed by atoms with Gasteiger partial charge in [0, 0.05) is 34.1 Å². The van der Waals surface area contributed by atoms with Gasteiger partial charge in [-0.1, -0.05) is 29.8 Å². The smallest absolute Gasteiger partial charge is 0.199 e. The molecule has 5 aromatic rings. The zero-order valence-electron chi connectivity index (χ0n) is 22.9. The third-order valence-corrected chi connectivity index (χ3v) is 7.60. The Hall–Kier alpha value is -4.11. The highest BCUT2D eigenvalue weighted by Gasteiger charge is 2.35. The molecule has 2 heterocycles. The lowest BCUT2D eigenvalue weighted by atomic mass is 10.1. The molecule has 1 saturated carbocycles. The monoisotopic (exact) mass is 578 g/mol. The van der Waals surface area contributed by atoms with Crippen molar-refractivity contribution in [3.63, 3.8) is 0 Å². The van der Waals surface area contributed by atoms with E-state index in [1.54, 1.807) is 25.5 Å². The maximum absolute atomic E-state index is 14.6. The molecule has 0 bridgehead atoms. The Kier molecular flexibility index (Phi) is 6.85. The van der Waals surface area contributed by atoms with E-state index in [1.807, 2.05) is 53.2 Å². The van der Waals surface area contributed by atoms with Gasteiger partial charge < -0.3 is 23.7 Å². The van der Waals surface area contributed by atoms with Crippen molar-refractivity contribution < 1.29 is 23.4 Å². The molecule has 1 aliphatic carbocycles. The van der Waals surface area contributed by atoms with Crippen LogP contribution in [-0.2, 0) is 18.7 Å². The first-order valence-electron chi connectivity index (χ1n) is 13.4. The van der Waals surface area contributed by atoms with E-state index in [9.17, 15) is 13.9 Å².